The summed E-state index contributed by atoms with van der Waals surface area (Å²) in [6, 6.07) is 4.06. The van der Waals surface area contributed by atoms with Gasteiger partial charge in [-0.2, -0.15) is 0 Å². The van der Waals surface area contributed by atoms with Crippen molar-refractivity contribution in [2.24, 2.45) is 0 Å². The molecule has 1 atom stereocenters. The number of carbonyl (C=O) groups is 1. The van der Waals surface area contributed by atoms with E-state index in [1.165, 1.54) is 24.3 Å². The highest BCUT2D eigenvalue weighted by molar-refractivity contribution is 7.88. The zero-order chi connectivity index (χ0) is 13.1. The number of carboxylic acid groups (broad SMARTS) is 1. The van der Waals surface area contributed by atoms with E-state index in [0.29, 0.717) is 5.56 Å². The number of benzene rings is 1. The summed E-state index contributed by atoms with van der Waals surface area (Å²) >= 11 is 0. The Hall–Kier alpha value is -1.47. The maximum Gasteiger partial charge on any atom is 0.322 e. The Bertz CT molecular complexity index is 515. The molecule has 0 aliphatic rings. The first-order valence-electron chi connectivity index (χ1n) is 4.72. The molecule has 1 aromatic carbocycles. The largest absolute Gasteiger partial charge is 0.480 e. The second-order valence-electron chi connectivity index (χ2n) is 3.61. The van der Waals surface area contributed by atoms with Crippen LogP contribution in [0.3, 0.4) is 0 Å². The lowest BCUT2D eigenvalue weighted by Crippen LogP contribution is -2.41. The number of halogens is 1. The second kappa shape index (κ2) is 5.24. The molecule has 0 fully saturated rings. The van der Waals surface area contributed by atoms with Crippen molar-refractivity contribution in [2.75, 3.05) is 6.26 Å². The van der Waals surface area contributed by atoms with Crippen molar-refractivity contribution in [1.29, 1.82) is 0 Å². The van der Waals surface area contributed by atoms with Crippen molar-refractivity contribution in [2.45, 2.75) is 12.5 Å². The summed E-state index contributed by atoms with van der Waals surface area (Å²) in [6.45, 7) is 0. The van der Waals surface area contributed by atoms with E-state index in [1.807, 2.05) is 4.72 Å². The molecule has 5 nitrogen and oxygen atoms in total. The zero-order valence-corrected chi connectivity index (χ0v) is 9.87. The van der Waals surface area contributed by atoms with Crippen molar-refractivity contribution in [3.8, 4) is 0 Å². The average Bonchev–Trinajstić information content (AvgIpc) is 2.14. The molecule has 0 saturated heterocycles. The molecule has 2 N–H and O–H groups in total. The monoisotopic (exact) mass is 261 g/mol. The van der Waals surface area contributed by atoms with Crippen LogP contribution in [0.5, 0.6) is 0 Å². The highest BCUT2D eigenvalue weighted by Crippen LogP contribution is 2.07. The molecule has 0 aliphatic carbocycles. The molecular weight excluding hydrogens is 249 g/mol. The lowest BCUT2D eigenvalue weighted by Gasteiger charge is -2.12. The van der Waals surface area contributed by atoms with E-state index in [4.69, 9.17) is 5.11 Å². The van der Waals surface area contributed by atoms with Crippen LogP contribution in [0.25, 0.3) is 0 Å². The molecule has 0 saturated carbocycles. The predicted molar refractivity (Wildman–Crippen MR) is 59.5 cm³/mol. The number of hydrogen-bond donors (Lipinski definition) is 2. The average molecular weight is 261 g/mol. The summed E-state index contributed by atoms with van der Waals surface area (Å²) < 4.78 is 36.8. The molecular formula is C10H12FNO4S. The van der Waals surface area contributed by atoms with Crippen LogP contribution >= 0.6 is 0 Å². The molecule has 0 aromatic heterocycles. The molecule has 7 heteroatoms. The summed E-state index contributed by atoms with van der Waals surface area (Å²) in [6.07, 6.45) is 0.759. The predicted octanol–water partition coefficient (Wildman–Crippen LogP) is 0.371. The highest BCUT2D eigenvalue weighted by Gasteiger charge is 2.21. The van der Waals surface area contributed by atoms with Crippen LogP contribution in [0.1, 0.15) is 5.56 Å². The van der Waals surface area contributed by atoms with Gasteiger partial charge in [0.25, 0.3) is 0 Å². The fourth-order valence-corrected chi connectivity index (χ4v) is 2.04. The zero-order valence-electron chi connectivity index (χ0n) is 9.05. The van der Waals surface area contributed by atoms with Gasteiger partial charge in [0.1, 0.15) is 11.9 Å². The number of nitrogens with one attached hydrogen (secondary N) is 1. The van der Waals surface area contributed by atoms with Gasteiger partial charge in [0.15, 0.2) is 0 Å². The van der Waals surface area contributed by atoms with Crippen LogP contribution in [0.15, 0.2) is 24.3 Å². The third-order valence-corrected chi connectivity index (χ3v) is 2.70. The van der Waals surface area contributed by atoms with Crippen LogP contribution in [0.2, 0.25) is 0 Å². The minimum Gasteiger partial charge on any atom is -0.480 e. The maximum atomic E-state index is 12.9. The van der Waals surface area contributed by atoms with Crippen LogP contribution in [-0.4, -0.2) is 31.8 Å². The van der Waals surface area contributed by atoms with E-state index in [0.717, 1.165) is 6.26 Å². The second-order valence-corrected chi connectivity index (χ2v) is 5.39. The molecule has 0 radical (unpaired) electrons. The minimum absolute atomic E-state index is 0.111. The molecule has 0 heterocycles. The Morgan fingerprint density at radius 2 is 2.18 bits per heavy atom. The number of hydrogen-bond acceptors (Lipinski definition) is 3. The van der Waals surface area contributed by atoms with Crippen LogP contribution in [-0.2, 0) is 21.2 Å². The van der Waals surface area contributed by atoms with Gasteiger partial charge in [-0.05, 0) is 24.1 Å². The van der Waals surface area contributed by atoms with Crippen molar-refractivity contribution in [3.05, 3.63) is 35.6 Å². The summed E-state index contributed by atoms with van der Waals surface area (Å²) in [5, 5.41) is 8.85. The van der Waals surface area contributed by atoms with Crippen molar-refractivity contribution in [1.82, 2.24) is 4.72 Å². The smallest absolute Gasteiger partial charge is 0.322 e. The first kappa shape index (κ1) is 13.6. The summed E-state index contributed by atoms with van der Waals surface area (Å²) in [4.78, 5) is 10.8. The van der Waals surface area contributed by atoms with Gasteiger partial charge in [0.2, 0.25) is 10.0 Å². The molecule has 94 valence electrons. The van der Waals surface area contributed by atoms with Gasteiger partial charge in [-0.3, -0.25) is 4.79 Å². The van der Waals surface area contributed by atoms with Gasteiger partial charge < -0.3 is 5.11 Å². The molecule has 0 unspecified atom stereocenters. The van der Waals surface area contributed by atoms with Crippen molar-refractivity contribution >= 4 is 16.0 Å². The van der Waals surface area contributed by atoms with Gasteiger partial charge in [-0.1, -0.05) is 12.1 Å². The maximum absolute atomic E-state index is 12.9. The van der Waals surface area contributed by atoms with Crippen LogP contribution in [0, 0.1) is 5.82 Å². The Morgan fingerprint density at radius 1 is 1.53 bits per heavy atom. The molecule has 0 amide bonds. The van der Waals surface area contributed by atoms with Gasteiger partial charge in [0.05, 0.1) is 6.26 Å². The normalized spacial score (nSPS) is 13.3. The van der Waals surface area contributed by atoms with Crippen LogP contribution in [0.4, 0.5) is 4.39 Å². The Labute approximate surface area is 98.3 Å². The van der Waals surface area contributed by atoms with Crippen LogP contribution < -0.4 is 4.72 Å². The molecule has 17 heavy (non-hydrogen) atoms. The number of rotatable bonds is 5. The fraction of sp³-hybridized carbons (Fsp3) is 0.300. The van der Waals surface area contributed by atoms with E-state index >= 15 is 0 Å². The first-order chi connectivity index (χ1) is 7.78. The third-order valence-electron chi connectivity index (χ3n) is 1.98. The standard InChI is InChI=1S/C10H12FNO4S/c1-17(15,16)12-9(10(13)14)6-7-3-2-4-8(11)5-7/h2-5,9,12H,6H2,1H3,(H,13,14)/t9-/m0/s1. The quantitative estimate of drug-likeness (QED) is 0.802. The lowest BCUT2D eigenvalue weighted by molar-refractivity contribution is -0.138. The van der Waals surface area contributed by atoms with E-state index < -0.39 is 27.9 Å². The van der Waals surface area contributed by atoms with E-state index in [9.17, 15) is 17.6 Å². The number of carboxylic acids is 1. The Balaban J connectivity index is 2.84. The highest BCUT2D eigenvalue weighted by atomic mass is 32.2. The molecule has 0 aliphatic heterocycles. The SMILES string of the molecule is CS(=O)(=O)N[C@@H](Cc1cccc(F)c1)C(=O)O. The molecule has 0 spiro atoms. The Morgan fingerprint density at radius 3 is 2.65 bits per heavy atom. The van der Waals surface area contributed by atoms with Crippen molar-refractivity contribution < 1.29 is 22.7 Å². The number of aliphatic carboxylic acids is 1. The Kier molecular flexibility index (Phi) is 4.19. The molecule has 0 bridgehead atoms. The van der Waals surface area contributed by atoms with E-state index in [1.54, 1.807) is 0 Å². The minimum atomic E-state index is -3.62. The van der Waals surface area contributed by atoms with Gasteiger partial charge in [-0.25, -0.2) is 17.5 Å². The molecule has 1 rings (SSSR count). The van der Waals surface area contributed by atoms with Crippen molar-refractivity contribution in [3.63, 3.8) is 0 Å². The van der Waals surface area contributed by atoms with E-state index in [-0.39, 0.29) is 6.42 Å². The summed E-state index contributed by atoms with van der Waals surface area (Å²) in [7, 11) is -3.62. The summed E-state index contributed by atoms with van der Waals surface area (Å²) in [5.41, 5.74) is 0.411. The van der Waals surface area contributed by atoms with E-state index in [2.05, 4.69) is 0 Å². The molecule has 1 aromatic rings. The third kappa shape index (κ3) is 4.92. The van der Waals surface area contributed by atoms with Gasteiger partial charge in [0, 0.05) is 0 Å². The topological polar surface area (TPSA) is 83.5 Å². The van der Waals surface area contributed by atoms with Gasteiger partial charge in [-0.15, -0.1) is 0 Å². The lowest BCUT2D eigenvalue weighted by atomic mass is 10.1. The fourth-order valence-electron chi connectivity index (χ4n) is 1.34. The number of sulfonamides is 1. The first-order valence-corrected chi connectivity index (χ1v) is 6.61. The summed E-state index contributed by atoms with van der Waals surface area (Å²) in [5.74, 6) is -1.80. The van der Waals surface area contributed by atoms with Gasteiger partial charge >= 0.3 is 5.97 Å².